The largest absolute Gasteiger partial charge is 0.493 e. The van der Waals surface area contributed by atoms with Crippen molar-refractivity contribution < 1.29 is 22.7 Å². The highest BCUT2D eigenvalue weighted by Crippen LogP contribution is 2.42. The van der Waals surface area contributed by atoms with Crippen molar-refractivity contribution in [3.63, 3.8) is 0 Å². The molecule has 4 rings (SSSR count). The first kappa shape index (κ1) is 22.7. The number of rotatable bonds is 5. The highest BCUT2D eigenvalue weighted by atomic mass is 32.2. The van der Waals surface area contributed by atoms with Crippen molar-refractivity contribution in [2.24, 2.45) is 4.99 Å². The molecular weight excluding hydrogens is 448 g/mol. The number of aryl methyl sites for hydroxylation is 1. The van der Waals surface area contributed by atoms with Crippen LogP contribution in [0.4, 0.5) is 5.69 Å². The lowest BCUT2D eigenvalue weighted by molar-refractivity contribution is -0.117. The third kappa shape index (κ3) is 4.36. The maximum Gasteiger partial charge on any atom is 0.252 e. The minimum absolute atomic E-state index is 0.0704. The number of ether oxygens (including phenoxy) is 2. The van der Waals surface area contributed by atoms with Crippen LogP contribution in [-0.4, -0.2) is 56.5 Å². The fourth-order valence-corrected chi connectivity index (χ4v) is 8.08. The molecule has 2 atom stereocenters. The molecule has 2 fully saturated rings. The van der Waals surface area contributed by atoms with E-state index in [1.54, 1.807) is 26.4 Å². The number of aliphatic imine (C=N–C) groups is 1. The second-order valence-corrected chi connectivity index (χ2v) is 11.4. The van der Waals surface area contributed by atoms with Gasteiger partial charge in [-0.3, -0.25) is 4.79 Å². The Morgan fingerprint density at radius 2 is 1.88 bits per heavy atom. The Labute approximate surface area is 192 Å². The van der Waals surface area contributed by atoms with E-state index in [2.05, 4.69) is 4.99 Å². The topological polar surface area (TPSA) is 85.3 Å². The molecule has 9 heteroatoms. The van der Waals surface area contributed by atoms with Crippen LogP contribution in [0.5, 0.6) is 11.5 Å². The van der Waals surface area contributed by atoms with Crippen molar-refractivity contribution in [2.75, 3.05) is 30.6 Å². The van der Waals surface area contributed by atoms with Crippen LogP contribution in [0.2, 0.25) is 0 Å². The zero-order chi connectivity index (χ0) is 23.0. The Balaban J connectivity index is 1.65. The number of carbonyl (C=O) groups is 1. The predicted octanol–water partition coefficient (Wildman–Crippen LogP) is 3.16. The van der Waals surface area contributed by atoms with Gasteiger partial charge in [0.1, 0.15) is 0 Å². The van der Waals surface area contributed by atoms with Crippen molar-refractivity contribution in [1.29, 1.82) is 0 Å². The summed E-state index contributed by atoms with van der Waals surface area (Å²) < 4.78 is 35.1. The summed E-state index contributed by atoms with van der Waals surface area (Å²) in [6, 6.07) is 11.0. The second-order valence-electron chi connectivity index (χ2n) is 8.04. The molecule has 0 aliphatic carbocycles. The summed E-state index contributed by atoms with van der Waals surface area (Å²) in [6.07, 6.45) is 0.110. The SMILES string of the molecule is COc1ccc(CC(=O)N=C2S[C@H]3CS(=O)(=O)C[C@H]3N2c2cccc(C)c2C)cc1OC. The number of anilines is 1. The number of thioether (sulfide) groups is 1. The summed E-state index contributed by atoms with van der Waals surface area (Å²) in [5, 5.41) is 0.432. The van der Waals surface area contributed by atoms with Gasteiger partial charge in [-0.05, 0) is 48.7 Å². The maximum absolute atomic E-state index is 12.9. The predicted molar refractivity (Wildman–Crippen MR) is 128 cm³/mol. The lowest BCUT2D eigenvalue weighted by Gasteiger charge is -2.26. The van der Waals surface area contributed by atoms with E-state index in [1.165, 1.54) is 11.8 Å². The average molecular weight is 475 g/mol. The molecule has 2 aromatic carbocycles. The lowest BCUT2D eigenvalue weighted by atomic mass is 10.1. The number of amidine groups is 1. The van der Waals surface area contributed by atoms with E-state index in [-0.39, 0.29) is 35.1 Å². The Kier molecular flexibility index (Phi) is 6.22. The number of amides is 1. The smallest absolute Gasteiger partial charge is 0.252 e. The maximum atomic E-state index is 12.9. The molecule has 2 aliphatic heterocycles. The van der Waals surface area contributed by atoms with E-state index in [4.69, 9.17) is 9.47 Å². The zero-order valence-electron chi connectivity index (χ0n) is 18.5. The molecule has 0 aromatic heterocycles. The molecule has 0 bridgehead atoms. The van der Waals surface area contributed by atoms with Gasteiger partial charge in [0.15, 0.2) is 26.5 Å². The summed E-state index contributed by atoms with van der Waals surface area (Å²) in [4.78, 5) is 19.3. The van der Waals surface area contributed by atoms with Gasteiger partial charge < -0.3 is 14.4 Å². The highest BCUT2D eigenvalue weighted by molar-refractivity contribution is 8.16. The number of nitrogens with zero attached hydrogens (tertiary/aromatic N) is 2. The van der Waals surface area contributed by atoms with E-state index in [9.17, 15) is 13.2 Å². The Morgan fingerprint density at radius 1 is 1.12 bits per heavy atom. The molecule has 0 N–H and O–H groups in total. The molecule has 0 unspecified atom stereocenters. The fraction of sp³-hybridized carbons (Fsp3) is 0.391. The number of sulfone groups is 1. The molecule has 2 aromatic rings. The standard InChI is InChI=1S/C23H26N2O5S2/c1-14-6-5-7-17(15(14)2)25-18-12-32(27,28)13-21(18)31-23(25)24-22(26)11-16-8-9-19(29-3)20(10-16)30-4/h5-10,18,21H,11-13H2,1-4H3/t18-,21+/m1/s1. The number of benzene rings is 2. The van der Waals surface area contributed by atoms with Gasteiger partial charge in [-0.2, -0.15) is 4.99 Å². The summed E-state index contributed by atoms with van der Waals surface area (Å²) >= 11 is 1.38. The number of hydrogen-bond donors (Lipinski definition) is 0. The van der Waals surface area contributed by atoms with Crippen LogP contribution >= 0.6 is 11.8 Å². The Morgan fingerprint density at radius 3 is 2.59 bits per heavy atom. The van der Waals surface area contributed by atoms with Gasteiger partial charge in [-0.1, -0.05) is 30.0 Å². The van der Waals surface area contributed by atoms with Crippen LogP contribution in [-0.2, 0) is 21.1 Å². The molecule has 0 radical (unpaired) electrons. The van der Waals surface area contributed by atoms with E-state index >= 15 is 0 Å². The van der Waals surface area contributed by atoms with Gasteiger partial charge in [-0.15, -0.1) is 0 Å². The number of fused-ring (bicyclic) bond motifs is 1. The van der Waals surface area contributed by atoms with Crippen LogP contribution in [0.25, 0.3) is 0 Å². The van der Waals surface area contributed by atoms with Gasteiger partial charge in [0.2, 0.25) is 0 Å². The quantitative estimate of drug-likeness (QED) is 0.658. The van der Waals surface area contributed by atoms with Crippen LogP contribution in [0.3, 0.4) is 0 Å². The fourth-order valence-electron chi connectivity index (χ4n) is 4.15. The molecular formula is C23H26N2O5S2. The third-order valence-corrected chi connectivity index (χ3v) is 9.14. The van der Waals surface area contributed by atoms with E-state index in [1.807, 2.05) is 43.0 Å². The number of hydrogen-bond acceptors (Lipinski definition) is 6. The monoisotopic (exact) mass is 474 g/mol. The van der Waals surface area contributed by atoms with Gasteiger partial charge in [0.05, 0.1) is 38.2 Å². The minimum atomic E-state index is -3.11. The van der Waals surface area contributed by atoms with Crippen LogP contribution in [0.1, 0.15) is 16.7 Å². The van der Waals surface area contributed by atoms with Crippen molar-refractivity contribution in [3.05, 3.63) is 53.1 Å². The van der Waals surface area contributed by atoms with Crippen molar-refractivity contribution in [1.82, 2.24) is 0 Å². The first-order valence-corrected chi connectivity index (χ1v) is 13.0. The molecule has 0 spiro atoms. The van der Waals surface area contributed by atoms with Gasteiger partial charge >= 0.3 is 0 Å². The number of carbonyl (C=O) groups excluding carboxylic acids is 1. The number of methoxy groups -OCH3 is 2. The zero-order valence-corrected chi connectivity index (χ0v) is 20.1. The van der Waals surface area contributed by atoms with Crippen molar-refractivity contribution >= 4 is 38.4 Å². The molecule has 170 valence electrons. The van der Waals surface area contributed by atoms with Gasteiger partial charge in [0, 0.05) is 10.9 Å². The summed E-state index contributed by atoms with van der Waals surface area (Å²) in [6.45, 7) is 4.03. The molecule has 1 amide bonds. The summed E-state index contributed by atoms with van der Waals surface area (Å²) in [7, 11) is -0.00261. The van der Waals surface area contributed by atoms with E-state index < -0.39 is 9.84 Å². The minimum Gasteiger partial charge on any atom is -0.493 e. The van der Waals surface area contributed by atoms with E-state index in [0.29, 0.717) is 16.7 Å². The molecule has 7 nitrogen and oxygen atoms in total. The normalized spacial score (nSPS) is 22.8. The molecule has 2 saturated heterocycles. The summed E-state index contributed by atoms with van der Waals surface area (Å²) in [5.74, 6) is 1.03. The summed E-state index contributed by atoms with van der Waals surface area (Å²) in [5.41, 5.74) is 3.83. The first-order chi connectivity index (χ1) is 15.2. The van der Waals surface area contributed by atoms with E-state index in [0.717, 1.165) is 22.4 Å². The first-order valence-electron chi connectivity index (χ1n) is 10.3. The molecule has 2 heterocycles. The van der Waals surface area contributed by atoms with Crippen molar-refractivity contribution in [2.45, 2.75) is 31.6 Å². The Hall–Kier alpha value is -2.52. The van der Waals surface area contributed by atoms with Crippen LogP contribution in [0, 0.1) is 13.8 Å². The molecule has 32 heavy (non-hydrogen) atoms. The second kappa shape index (κ2) is 8.78. The van der Waals surface area contributed by atoms with Gasteiger partial charge in [0.25, 0.3) is 5.91 Å². The van der Waals surface area contributed by atoms with Crippen molar-refractivity contribution in [3.8, 4) is 11.5 Å². The van der Waals surface area contributed by atoms with Gasteiger partial charge in [-0.25, -0.2) is 8.42 Å². The van der Waals surface area contributed by atoms with Crippen LogP contribution < -0.4 is 14.4 Å². The Bertz CT molecular complexity index is 1190. The average Bonchev–Trinajstić information content (AvgIpc) is 3.20. The molecule has 2 aliphatic rings. The third-order valence-electron chi connectivity index (χ3n) is 5.93. The molecule has 0 saturated carbocycles. The lowest BCUT2D eigenvalue weighted by Crippen LogP contribution is -2.38. The van der Waals surface area contributed by atoms with Crippen LogP contribution in [0.15, 0.2) is 41.4 Å². The highest BCUT2D eigenvalue weighted by Gasteiger charge is 2.49.